The van der Waals surface area contributed by atoms with Gasteiger partial charge in [0.15, 0.2) is 8.87 Å². The summed E-state index contributed by atoms with van der Waals surface area (Å²) in [4.78, 5) is 55.4. The van der Waals surface area contributed by atoms with Crippen molar-refractivity contribution in [3.05, 3.63) is 44.0 Å². The number of nitrogens with zero attached hydrogens (tertiary/aromatic N) is 3. The van der Waals surface area contributed by atoms with Crippen LogP contribution < -0.4 is 9.64 Å². The van der Waals surface area contributed by atoms with Crippen molar-refractivity contribution in [3.8, 4) is 5.75 Å². The molecule has 1 rings (SSSR count). The number of carbonyl (C=O) groups excluding carboxylic acids is 2. The van der Waals surface area contributed by atoms with E-state index in [1.165, 1.54) is 18.2 Å². The maximum atomic E-state index is 12.4. The van der Waals surface area contributed by atoms with E-state index in [9.17, 15) is 38.2 Å². The fourth-order valence-corrected chi connectivity index (χ4v) is 3.75. The molecule has 184 valence electrons. The van der Waals surface area contributed by atoms with Crippen molar-refractivity contribution in [2.75, 3.05) is 44.2 Å². The fraction of sp³-hybridized carbons (Fsp3) is 0.500. The number of hydrogen-bond acceptors (Lipinski definition) is 14. The monoisotopic (exact) mass is 511 g/mol. The van der Waals surface area contributed by atoms with Crippen molar-refractivity contribution >= 4 is 37.3 Å². The Labute approximate surface area is 191 Å². The third kappa shape index (κ3) is 11.2. The molecule has 0 aliphatic heterocycles. The Hall–Kier alpha value is -3.34. The van der Waals surface area contributed by atoms with Crippen LogP contribution in [0.15, 0.2) is 18.2 Å². The molecule has 0 saturated carbocycles. The highest BCUT2D eigenvalue weighted by atomic mass is 33.1. The molecule has 1 atom stereocenters. The first-order valence-corrected chi connectivity index (χ1v) is 12.3. The fourth-order valence-electron chi connectivity index (χ4n) is 2.18. The van der Waals surface area contributed by atoms with Crippen LogP contribution in [0.5, 0.6) is 5.75 Å². The Bertz CT molecular complexity index is 983. The second kappa shape index (κ2) is 12.6. The molecular formula is C16H21N3O12S2. The van der Waals surface area contributed by atoms with Crippen molar-refractivity contribution in [1.29, 1.82) is 0 Å². The van der Waals surface area contributed by atoms with Gasteiger partial charge in [-0.1, -0.05) is 0 Å². The number of rotatable bonds is 14. The van der Waals surface area contributed by atoms with E-state index in [1.807, 2.05) is 0 Å². The number of esters is 2. The first-order chi connectivity index (χ1) is 15.3. The SMILES string of the molecule is CN(C)c1ccc(C(=O)OCCSS(C)(=O)=O)c(OC(=O)CC(CO[N+](=O)[O-])O[N+](=O)[O-])c1. The van der Waals surface area contributed by atoms with Crippen LogP contribution in [0.4, 0.5) is 5.69 Å². The Balaban J connectivity index is 2.97. The standard InChI is InChI=1S/C16H21N3O12S2/c1-17(2)11-4-5-13(16(21)28-6-7-32-33(3,26)27)14(8-11)30-15(20)9-12(31-19(24)25)10-29-18(22)23/h4-5,8,12H,6-7,9-10H2,1-3H3. The van der Waals surface area contributed by atoms with Crippen LogP contribution in [0.1, 0.15) is 16.8 Å². The van der Waals surface area contributed by atoms with Crippen molar-refractivity contribution in [2.24, 2.45) is 0 Å². The van der Waals surface area contributed by atoms with Crippen LogP contribution in [-0.2, 0) is 28.1 Å². The summed E-state index contributed by atoms with van der Waals surface area (Å²) >= 11 is 0. The highest BCUT2D eigenvalue weighted by Crippen LogP contribution is 2.26. The summed E-state index contributed by atoms with van der Waals surface area (Å²) in [5.41, 5.74) is 0.350. The Morgan fingerprint density at radius 2 is 1.85 bits per heavy atom. The van der Waals surface area contributed by atoms with E-state index < -0.39 is 50.1 Å². The third-order valence-corrected chi connectivity index (χ3v) is 6.08. The van der Waals surface area contributed by atoms with Gasteiger partial charge in [0.1, 0.15) is 30.6 Å². The lowest BCUT2D eigenvalue weighted by molar-refractivity contribution is -0.789. The van der Waals surface area contributed by atoms with Crippen LogP contribution in [0, 0.1) is 20.2 Å². The van der Waals surface area contributed by atoms with Gasteiger partial charge in [-0.3, -0.25) is 4.79 Å². The maximum absolute atomic E-state index is 12.4. The normalized spacial score (nSPS) is 11.7. The molecule has 0 radical (unpaired) electrons. The van der Waals surface area contributed by atoms with E-state index in [1.54, 1.807) is 19.0 Å². The number of benzene rings is 1. The molecule has 0 saturated heterocycles. The zero-order valence-electron chi connectivity index (χ0n) is 17.7. The minimum atomic E-state index is -3.32. The molecule has 1 aromatic carbocycles. The molecule has 0 N–H and O–H groups in total. The Kier molecular flexibility index (Phi) is 10.6. The molecule has 0 aliphatic carbocycles. The third-order valence-electron chi connectivity index (χ3n) is 3.53. The van der Waals surface area contributed by atoms with Gasteiger partial charge < -0.3 is 24.0 Å². The largest absolute Gasteiger partial charge is 0.461 e. The van der Waals surface area contributed by atoms with E-state index in [2.05, 4.69) is 9.68 Å². The van der Waals surface area contributed by atoms with E-state index in [-0.39, 0.29) is 23.7 Å². The van der Waals surface area contributed by atoms with Crippen molar-refractivity contribution in [1.82, 2.24) is 0 Å². The molecule has 0 fully saturated rings. The summed E-state index contributed by atoms with van der Waals surface area (Å²) in [6.45, 7) is -1.15. The first kappa shape index (κ1) is 27.7. The molecule has 0 spiro atoms. The average molecular weight is 511 g/mol. The van der Waals surface area contributed by atoms with Crippen LogP contribution in [-0.4, -0.2) is 76.0 Å². The number of ether oxygens (including phenoxy) is 2. The molecule has 15 nitrogen and oxygen atoms in total. The van der Waals surface area contributed by atoms with E-state index in [0.717, 1.165) is 6.26 Å². The summed E-state index contributed by atoms with van der Waals surface area (Å²) in [6.07, 6.45) is -1.44. The summed E-state index contributed by atoms with van der Waals surface area (Å²) < 4.78 is 32.4. The van der Waals surface area contributed by atoms with Gasteiger partial charge >= 0.3 is 11.9 Å². The first-order valence-electron chi connectivity index (χ1n) is 8.90. The van der Waals surface area contributed by atoms with Gasteiger partial charge in [0.2, 0.25) is 0 Å². The zero-order valence-corrected chi connectivity index (χ0v) is 19.3. The molecule has 0 bridgehead atoms. The lowest BCUT2D eigenvalue weighted by Crippen LogP contribution is -2.29. The molecule has 0 aliphatic rings. The highest BCUT2D eigenvalue weighted by Gasteiger charge is 2.24. The summed E-state index contributed by atoms with van der Waals surface area (Å²) in [6, 6.07) is 4.17. The smallest absolute Gasteiger partial charge is 0.341 e. The summed E-state index contributed by atoms with van der Waals surface area (Å²) in [5.74, 6) is -2.29. The van der Waals surface area contributed by atoms with Gasteiger partial charge in [0, 0.05) is 37.9 Å². The van der Waals surface area contributed by atoms with Gasteiger partial charge in [-0.2, -0.15) is 0 Å². The van der Waals surface area contributed by atoms with E-state index in [4.69, 9.17) is 9.47 Å². The molecular weight excluding hydrogens is 490 g/mol. The second-order valence-electron chi connectivity index (χ2n) is 6.39. The quantitative estimate of drug-likeness (QED) is 0.0844. The van der Waals surface area contributed by atoms with Crippen molar-refractivity contribution in [2.45, 2.75) is 12.5 Å². The van der Waals surface area contributed by atoms with Crippen molar-refractivity contribution in [3.63, 3.8) is 0 Å². The van der Waals surface area contributed by atoms with Crippen molar-refractivity contribution < 1.29 is 47.3 Å². The average Bonchev–Trinajstić information content (AvgIpc) is 2.67. The molecule has 1 aromatic rings. The predicted molar refractivity (Wildman–Crippen MR) is 113 cm³/mol. The van der Waals surface area contributed by atoms with Crippen LogP contribution in [0.25, 0.3) is 0 Å². The van der Waals surface area contributed by atoms with E-state index >= 15 is 0 Å². The van der Waals surface area contributed by atoms with Gasteiger partial charge in [-0.25, -0.2) is 13.2 Å². The summed E-state index contributed by atoms with van der Waals surface area (Å²) in [5, 5.41) is 18.4. The molecule has 1 unspecified atom stereocenters. The number of anilines is 1. The van der Waals surface area contributed by atoms with Gasteiger partial charge in [-0.05, 0) is 22.9 Å². The molecule has 0 heterocycles. The second-order valence-corrected chi connectivity index (χ2v) is 11.0. The lowest BCUT2D eigenvalue weighted by atomic mass is 10.1. The van der Waals surface area contributed by atoms with Gasteiger partial charge in [0.25, 0.3) is 10.2 Å². The summed E-state index contributed by atoms with van der Waals surface area (Å²) in [7, 11) is 0.622. The van der Waals surface area contributed by atoms with E-state index in [0.29, 0.717) is 16.5 Å². The highest BCUT2D eigenvalue weighted by molar-refractivity contribution is 8.71. The number of hydrogen-bond donors (Lipinski definition) is 0. The van der Waals surface area contributed by atoms with Gasteiger partial charge in [0.05, 0.1) is 6.42 Å². The maximum Gasteiger partial charge on any atom is 0.341 e. The zero-order chi connectivity index (χ0) is 25.2. The van der Waals surface area contributed by atoms with Gasteiger partial charge in [-0.15, -0.1) is 20.2 Å². The van der Waals surface area contributed by atoms with Crippen LogP contribution in [0.2, 0.25) is 0 Å². The molecule has 33 heavy (non-hydrogen) atoms. The number of carbonyl (C=O) groups is 2. The minimum Gasteiger partial charge on any atom is -0.461 e. The predicted octanol–water partition coefficient (Wildman–Crippen LogP) is 0.683. The minimum absolute atomic E-state index is 0.0220. The lowest BCUT2D eigenvalue weighted by Gasteiger charge is -2.17. The van der Waals surface area contributed by atoms with Crippen LogP contribution >= 0.6 is 10.8 Å². The molecule has 0 aromatic heterocycles. The Morgan fingerprint density at radius 1 is 1.18 bits per heavy atom. The molecule has 17 heteroatoms. The Morgan fingerprint density at radius 3 is 2.39 bits per heavy atom. The van der Waals surface area contributed by atoms with Crippen LogP contribution in [0.3, 0.4) is 0 Å². The molecule has 0 amide bonds. The topological polar surface area (TPSA) is 195 Å².